The zero-order valence-electron chi connectivity index (χ0n) is 33.3. The number of hydrogen-bond acceptors (Lipinski definition) is 3. The number of fused-ring (bicyclic) bond motifs is 6. The van der Waals surface area contributed by atoms with Gasteiger partial charge in [0.05, 0.1) is 34.1 Å². The number of benzene rings is 8. The highest BCUT2D eigenvalue weighted by molar-refractivity contribution is 6.12. The first-order chi connectivity index (χ1) is 29.4. The van der Waals surface area contributed by atoms with Gasteiger partial charge in [-0.1, -0.05) is 159 Å². The van der Waals surface area contributed by atoms with Crippen molar-refractivity contribution in [2.45, 2.75) is 19.3 Å². The van der Waals surface area contributed by atoms with E-state index in [0.29, 0.717) is 11.4 Å². The summed E-state index contributed by atoms with van der Waals surface area (Å²) in [5.41, 5.74) is 17.4. The van der Waals surface area contributed by atoms with E-state index in [1.165, 1.54) is 33.0 Å². The standard InChI is InChI=1S/C56H38N4/c1-56(2)49-24-14-12-22-45(49)47-32-48-46-23-13-15-25-53(46)60(54(48)33-50(47)56)43-30-40(39-26-27-44(42(28-39)35-57)36-16-6-3-7-17-36)29-41(31-43)55-58-51(37-18-8-4-9-19-37)34-52(59-55)38-20-10-5-11-21-38/h3-34H,1-2H3. The average molecular weight is 767 g/mol. The van der Waals surface area contributed by atoms with Gasteiger partial charge in [-0.15, -0.1) is 0 Å². The van der Waals surface area contributed by atoms with Gasteiger partial charge in [-0.3, -0.25) is 0 Å². The fourth-order valence-electron chi connectivity index (χ4n) is 9.25. The maximum absolute atomic E-state index is 10.5. The van der Waals surface area contributed by atoms with E-state index in [4.69, 9.17) is 9.97 Å². The molecule has 0 N–H and O–H groups in total. The number of nitriles is 1. The molecule has 0 atom stereocenters. The predicted molar refractivity (Wildman–Crippen MR) is 246 cm³/mol. The minimum absolute atomic E-state index is 0.165. The number of nitrogens with zero attached hydrogens (tertiary/aromatic N) is 4. The lowest BCUT2D eigenvalue weighted by Gasteiger charge is -2.22. The van der Waals surface area contributed by atoms with Crippen molar-refractivity contribution in [2.75, 3.05) is 0 Å². The summed E-state index contributed by atoms with van der Waals surface area (Å²) in [7, 11) is 0. The van der Waals surface area contributed by atoms with Crippen LogP contribution < -0.4 is 0 Å². The van der Waals surface area contributed by atoms with E-state index < -0.39 is 0 Å². The van der Waals surface area contributed by atoms with Crippen LogP contribution in [0.4, 0.5) is 0 Å². The molecular weight excluding hydrogens is 729 g/mol. The molecule has 0 bridgehead atoms. The van der Waals surface area contributed by atoms with Gasteiger partial charge >= 0.3 is 0 Å². The molecule has 0 saturated carbocycles. The second-order valence-corrected chi connectivity index (χ2v) is 16.1. The summed E-state index contributed by atoms with van der Waals surface area (Å²) in [5.74, 6) is 0.623. The van der Waals surface area contributed by atoms with Gasteiger partial charge in [-0.25, -0.2) is 9.97 Å². The fourth-order valence-corrected chi connectivity index (χ4v) is 9.25. The van der Waals surface area contributed by atoms with Crippen molar-refractivity contribution in [3.8, 4) is 79.0 Å². The highest BCUT2D eigenvalue weighted by Crippen LogP contribution is 2.51. The van der Waals surface area contributed by atoms with Crippen LogP contribution in [0.1, 0.15) is 30.5 Å². The van der Waals surface area contributed by atoms with Crippen LogP contribution in [-0.4, -0.2) is 14.5 Å². The Bertz CT molecular complexity index is 3280. The SMILES string of the molecule is CC1(C)c2ccccc2-c2cc3c4ccccc4n(-c4cc(-c5ccc(-c6ccccc6)c(C#N)c5)cc(-c5nc(-c6ccccc6)cc(-c6ccccc6)n5)c4)c3cc21. The molecule has 2 heterocycles. The molecule has 0 amide bonds. The van der Waals surface area contributed by atoms with Crippen molar-refractivity contribution in [3.05, 3.63) is 211 Å². The molecule has 60 heavy (non-hydrogen) atoms. The first-order valence-corrected chi connectivity index (χ1v) is 20.4. The Morgan fingerprint density at radius 1 is 0.433 bits per heavy atom. The maximum atomic E-state index is 10.5. The van der Waals surface area contributed by atoms with Gasteiger partial charge in [0.1, 0.15) is 0 Å². The normalized spacial score (nSPS) is 12.6. The van der Waals surface area contributed by atoms with Gasteiger partial charge in [0.2, 0.25) is 0 Å². The first kappa shape index (κ1) is 35.3. The summed E-state index contributed by atoms with van der Waals surface area (Å²) >= 11 is 0. The van der Waals surface area contributed by atoms with Crippen molar-refractivity contribution >= 4 is 21.8 Å². The summed E-state index contributed by atoms with van der Waals surface area (Å²) in [6.45, 7) is 4.67. The van der Waals surface area contributed by atoms with Crippen LogP contribution in [0.2, 0.25) is 0 Å². The van der Waals surface area contributed by atoms with Gasteiger partial charge in [0.25, 0.3) is 0 Å². The Balaban J connectivity index is 1.19. The van der Waals surface area contributed by atoms with E-state index >= 15 is 0 Å². The van der Waals surface area contributed by atoms with Crippen molar-refractivity contribution in [2.24, 2.45) is 0 Å². The second-order valence-electron chi connectivity index (χ2n) is 16.1. The lowest BCUT2D eigenvalue weighted by atomic mass is 9.82. The van der Waals surface area contributed by atoms with E-state index in [1.807, 2.05) is 60.7 Å². The molecule has 0 unspecified atom stereocenters. The summed E-state index contributed by atoms with van der Waals surface area (Å²) < 4.78 is 2.40. The third kappa shape index (κ3) is 5.74. The molecule has 0 saturated heterocycles. The van der Waals surface area contributed by atoms with E-state index in [1.54, 1.807) is 0 Å². The van der Waals surface area contributed by atoms with E-state index in [-0.39, 0.29) is 5.41 Å². The summed E-state index contributed by atoms with van der Waals surface area (Å²) in [6, 6.07) is 70.5. The number of hydrogen-bond donors (Lipinski definition) is 0. The molecule has 0 fully saturated rings. The molecule has 2 aromatic heterocycles. The molecular formula is C56H38N4. The van der Waals surface area contributed by atoms with Gasteiger partial charge in [-0.05, 0) is 93.0 Å². The van der Waals surface area contributed by atoms with E-state index in [2.05, 4.69) is 158 Å². The minimum Gasteiger partial charge on any atom is -0.309 e. The molecule has 4 nitrogen and oxygen atoms in total. The molecule has 1 aliphatic rings. The van der Waals surface area contributed by atoms with Gasteiger partial charge in [0.15, 0.2) is 5.82 Å². The molecule has 0 radical (unpaired) electrons. The van der Waals surface area contributed by atoms with Gasteiger partial charge in [-0.2, -0.15) is 5.26 Å². The number of aromatic nitrogens is 3. The van der Waals surface area contributed by atoms with Crippen molar-refractivity contribution in [1.82, 2.24) is 14.5 Å². The molecule has 8 aromatic carbocycles. The van der Waals surface area contributed by atoms with Crippen LogP contribution in [0.25, 0.3) is 94.8 Å². The Hall–Kier alpha value is -7.87. The monoisotopic (exact) mass is 766 g/mol. The van der Waals surface area contributed by atoms with E-state index in [0.717, 1.165) is 67.1 Å². The molecule has 10 aromatic rings. The molecule has 0 aliphatic heterocycles. The van der Waals surface area contributed by atoms with Crippen LogP contribution >= 0.6 is 0 Å². The zero-order valence-corrected chi connectivity index (χ0v) is 33.3. The van der Waals surface area contributed by atoms with Crippen LogP contribution in [0.3, 0.4) is 0 Å². The molecule has 11 rings (SSSR count). The Morgan fingerprint density at radius 2 is 1.05 bits per heavy atom. The van der Waals surface area contributed by atoms with Crippen molar-refractivity contribution in [1.29, 1.82) is 5.26 Å². The van der Waals surface area contributed by atoms with Crippen LogP contribution in [0.5, 0.6) is 0 Å². The average Bonchev–Trinajstić information content (AvgIpc) is 3.76. The third-order valence-electron chi connectivity index (χ3n) is 12.2. The van der Waals surface area contributed by atoms with E-state index in [9.17, 15) is 5.26 Å². The van der Waals surface area contributed by atoms with Gasteiger partial charge in [0, 0.05) is 38.6 Å². The zero-order chi connectivity index (χ0) is 40.4. The summed E-state index contributed by atoms with van der Waals surface area (Å²) in [6.07, 6.45) is 0. The summed E-state index contributed by atoms with van der Waals surface area (Å²) in [5, 5.41) is 12.9. The Labute approximate surface area is 349 Å². The molecule has 4 heteroatoms. The molecule has 1 aliphatic carbocycles. The smallest absolute Gasteiger partial charge is 0.160 e. The largest absolute Gasteiger partial charge is 0.309 e. The quantitative estimate of drug-likeness (QED) is 0.169. The van der Waals surface area contributed by atoms with Crippen molar-refractivity contribution in [3.63, 3.8) is 0 Å². The van der Waals surface area contributed by atoms with Crippen LogP contribution in [0.15, 0.2) is 194 Å². The van der Waals surface area contributed by atoms with Crippen molar-refractivity contribution < 1.29 is 0 Å². The highest BCUT2D eigenvalue weighted by atomic mass is 15.0. The maximum Gasteiger partial charge on any atom is 0.160 e. The van der Waals surface area contributed by atoms with Gasteiger partial charge < -0.3 is 4.57 Å². The lowest BCUT2D eigenvalue weighted by molar-refractivity contribution is 0.661. The Kier molecular flexibility index (Phi) is 8.18. The highest BCUT2D eigenvalue weighted by Gasteiger charge is 2.36. The fraction of sp³-hybridized carbons (Fsp3) is 0.0536. The summed E-state index contributed by atoms with van der Waals surface area (Å²) in [4.78, 5) is 10.6. The van der Waals surface area contributed by atoms with Crippen LogP contribution in [0, 0.1) is 11.3 Å². The lowest BCUT2D eigenvalue weighted by Crippen LogP contribution is -2.15. The third-order valence-corrected chi connectivity index (χ3v) is 12.2. The minimum atomic E-state index is -0.165. The second kappa shape index (κ2) is 13.9. The predicted octanol–water partition coefficient (Wildman–Crippen LogP) is 14.1. The van der Waals surface area contributed by atoms with Crippen LogP contribution in [-0.2, 0) is 5.41 Å². The molecule has 282 valence electrons. The topological polar surface area (TPSA) is 54.5 Å². The molecule has 0 spiro atoms. The number of rotatable bonds is 6. The first-order valence-electron chi connectivity index (χ1n) is 20.4. The Morgan fingerprint density at radius 3 is 1.75 bits per heavy atom. The number of para-hydroxylation sites is 1.